The number of hydrogen-bond acceptors (Lipinski definition) is 4. The molecule has 21 heavy (non-hydrogen) atoms. The summed E-state index contributed by atoms with van der Waals surface area (Å²) in [6.45, 7) is 5.16. The maximum absolute atomic E-state index is 11.9. The molecule has 1 aromatic carbocycles. The molecule has 1 fully saturated rings. The van der Waals surface area contributed by atoms with Crippen LogP contribution in [-0.2, 0) is 32.9 Å². The summed E-state index contributed by atoms with van der Waals surface area (Å²) in [4.78, 5) is 22.9. The SMILES string of the molecule is CC(=O)OCc1cc2c(cc1C(C)=O)C[C@@H]1CC[C@@]2(C)O1. The Kier molecular flexibility index (Phi) is 3.36. The van der Waals surface area contributed by atoms with Crippen LogP contribution in [0, 0.1) is 0 Å². The maximum atomic E-state index is 11.9. The van der Waals surface area contributed by atoms with Crippen molar-refractivity contribution in [3.05, 3.63) is 34.4 Å². The predicted octanol–water partition coefficient (Wildman–Crippen LogP) is 2.90. The summed E-state index contributed by atoms with van der Waals surface area (Å²) in [5.74, 6) is -0.338. The Morgan fingerprint density at radius 3 is 2.81 bits per heavy atom. The summed E-state index contributed by atoms with van der Waals surface area (Å²) in [5, 5.41) is 0. The second kappa shape index (κ2) is 4.95. The smallest absolute Gasteiger partial charge is 0.302 e. The summed E-state index contributed by atoms with van der Waals surface area (Å²) in [5.41, 5.74) is 3.50. The molecular weight excluding hydrogens is 268 g/mol. The molecule has 2 bridgehead atoms. The highest BCUT2D eigenvalue weighted by Crippen LogP contribution is 2.46. The monoisotopic (exact) mass is 288 g/mol. The number of carbonyl (C=O) groups is 2. The molecule has 2 atom stereocenters. The molecule has 112 valence electrons. The molecule has 4 nitrogen and oxygen atoms in total. The van der Waals surface area contributed by atoms with Gasteiger partial charge >= 0.3 is 5.97 Å². The molecule has 1 aromatic rings. The van der Waals surface area contributed by atoms with Crippen LogP contribution in [0.2, 0.25) is 0 Å². The minimum atomic E-state index is -0.342. The van der Waals surface area contributed by atoms with Crippen LogP contribution < -0.4 is 0 Å². The highest BCUT2D eigenvalue weighted by molar-refractivity contribution is 5.96. The van der Waals surface area contributed by atoms with E-state index in [9.17, 15) is 9.59 Å². The number of esters is 1. The van der Waals surface area contributed by atoms with Crippen molar-refractivity contribution in [2.45, 2.75) is 58.3 Å². The lowest BCUT2D eigenvalue weighted by atomic mass is 9.85. The van der Waals surface area contributed by atoms with Gasteiger partial charge in [-0.2, -0.15) is 0 Å². The van der Waals surface area contributed by atoms with E-state index in [1.54, 1.807) is 6.92 Å². The van der Waals surface area contributed by atoms with Crippen LogP contribution in [0.1, 0.15) is 60.7 Å². The largest absolute Gasteiger partial charge is 0.461 e. The molecule has 3 rings (SSSR count). The number of ketones is 1. The molecule has 2 heterocycles. The number of ether oxygens (including phenoxy) is 2. The molecule has 2 aliphatic heterocycles. The zero-order chi connectivity index (χ0) is 15.2. The maximum Gasteiger partial charge on any atom is 0.302 e. The third kappa shape index (κ3) is 2.48. The number of rotatable bonds is 3. The number of carbonyl (C=O) groups excluding carboxylic acids is 2. The van der Waals surface area contributed by atoms with Gasteiger partial charge in [0.15, 0.2) is 5.78 Å². The molecule has 0 saturated carbocycles. The quantitative estimate of drug-likeness (QED) is 0.634. The average Bonchev–Trinajstić information content (AvgIpc) is 2.73. The topological polar surface area (TPSA) is 52.6 Å². The molecule has 4 heteroatoms. The number of Topliss-reactive ketones (excluding diaryl/α,β-unsaturated/α-hetero) is 1. The van der Waals surface area contributed by atoms with Crippen molar-refractivity contribution in [3.8, 4) is 0 Å². The van der Waals surface area contributed by atoms with E-state index >= 15 is 0 Å². The molecule has 0 unspecified atom stereocenters. The van der Waals surface area contributed by atoms with Crippen molar-refractivity contribution in [1.82, 2.24) is 0 Å². The van der Waals surface area contributed by atoms with E-state index in [1.165, 1.54) is 12.5 Å². The fourth-order valence-corrected chi connectivity index (χ4v) is 3.49. The summed E-state index contributed by atoms with van der Waals surface area (Å²) < 4.78 is 11.2. The number of fused-ring (bicyclic) bond motifs is 4. The summed E-state index contributed by atoms with van der Waals surface area (Å²) >= 11 is 0. The first-order valence-corrected chi connectivity index (χ1v) is 7.37. The van der Waals surface area contributed by atoms with Crippen molar-refractivity contribution in [2.75, 3.05) is 0 Å². The standard InChI is InChI=1S/C17H20O4/c1-10(18)15-7-12-6-14-4-5-17(3,21-14)16(12)8-13(15)9-20-11(2)19/h7-8,14H,4-6,9H2,1-3H3/t14-,17+/m0/s1. The van der Waals surface area contributed by atoms with E-state index in [1.807, 2.05) is 12.1 Å². The van der Waals surface area contributed by atoms with E-state index in [2.05, 4.69) is 6.92 Å². The van der Waals surface area contributed by atoms with Crippen molar-refractivity contribution in [2.24, 2.45) is 0 Å². The van der Waals surface area contributed by atoms with Crippen LogP contribution >= 0.6 is 0 Å². The predicted molar refractivity (Wildman–Crippen MR) is 77.1 cm³/mol. The van der Waals surface area contributed by atoms with Crippen LogP contribution in [-0.4, -0.2) is 17.9 Å². The summed E-state index contributed by atoms with van der Waals surface area (Å²) in [6, 6.07) is 3.96. The molecule has 2 aliphatic rings. The fourth-order valence-electron chi connectivity index (χ4n) is 3.49. The lowest BCUT2D eigenvalue weighted by Gasteiger charge is -2.33. The first kappa shape index (κ1) is 14.3. The van der Waals surface area contributed by atoms with Crippen LogP contribution in [0.3, 0.4) is 0 Å². The van der Waals surface area contributed by atoms with Gasteiger partial charge in [-0.1, -0.05) is 0 Å². The van der Waals surface area contributed by atoms with Gasteiger partial charge in [-0.3, -0.25) is 9.59 Å². The van der Waals surface area contributed by atoms with Crippen LogP contribution in [0.5, 0.6) is 0 Å². The molecule has 0 spiro atoms. The van der Waals surface area contributed by atoms with Crippen LogP contribution in [0.25, 0.3) is 0 Å². The van der Waals surface area contributed by atoms with Gasteiger partial charge in [0.1, 0.15) is 6.61 Å². The molecule has 0 aromatic heterocycles. The molecule has 0 radical (unpaired) electrons. The second-order valence-corrected chi connectivity index (χ2v) is 6.22. The van der Waals surface area contributed by atoms with Gasteiger partial charge in [0.05, 0.1) is 11.7 Å². The Bertz CT molecular complexity index is 619. The van der Waals surface area contributed by atoms with Gasteiger partial charge in [-0.25, -0.2) is 0 Å². The zero-order valence-electron chi connectivity index (χ0n) is 12.7. The Morgan fingerprint density at radius 1 is 1.38 bits per heavy atom. The fraction of sp³-hybridized carbons (Fsp3) is 0.529. The highest BCUT2D eigenvalue weighted by Gasteiger charge is 2.43. The third-order valence-electron chi connectivity index (χ3n) is 4.53. The molecule has 0 aliphatic carbocycles. The minimum Gasteiger partial charge on any atom is -0.461 e. The molecule has 0 N–H and O–H groups in total. The summed E-state index contributed by atoms with van der Waals surface area (Å²) in [7, 11) is 0. The first-order valence-electron chi connectivity index (χ1n) is 7.37. The van der Waals surface area contributed by atoms with Gasteiger partial charge in [-0.15, -0.1) is 0 Å². The van der Waals surface area contributed by atoms with Crippen molar-refractivity contribution in [3.63, 3.8) is 0 Å². The van der Waals surface area contributed by atoms with Gasteiger partial charge in [0.2, 0.25) is 0 Å². The Labute approximate surface area is 124 Å². The number of benzene rings is 1. The van der Waals surface area contributed by atoms with E-state index in [0.29, 0.717) is 5.56 Å². The average molecular weight is 288 g/mol. The van der Waals surface area contributed by atoms with Gasteiger partial charge in [0, 0.05) is 18.1 Å². The zero-order valence-corrected chi connectivity index (χ0v) is 12.7. The Morgan fingerprint density at radius 2 is 2.14 bits per heavy atom. The van der Waals surface area contributed by atoms with Crippen molar-refractivity contribution < 1.29 is 19.1 Å². The van der Waals surface area contributed by atoms with Gasteiger partial charge in [0.25, 0.3) is 0 Å². The van der Waals surface area contributed by atoms with E-state index in [-0.39, 0.29) is 30.1 Å². The normalized spacial score (nSPS) is 26.3. The van der Waals surface area contributed by atoms with Crippen molar-refractivity contribution >= 4 is 11.8 Å². The molecule has 0 amide bonds. The second-order valence-electron chi connectivity index (χ2n) is 6.22. The van der Waals surface area contributed by atoms with Gasteiger partial charge in [-0.05, 0) is 56.4 Å². The Hall–Kier alpha value is -1.68. The highest BCUT2D eigenvalue weighted by atomic mass is 16.5. The van der Waals surface area contributed by atoms with Crippen molar-refractivity contribution in [1.29, 1.82) is 0 Å². The third-order valence-corrected chi connectivity index (χ3v) is 4.53. The minimum absolute atomic E-state index is 0.00365. The first-order chi connectivity index (χ1) is 9.89. The molecular formula is C17H20O4. The lowest BCUT2D eigenvalue weighted by Crippen LogP contribution is -2.30. The molecule has 1 saturated heterocycles. The van der Waals surface area contributed by atoms with E-state index in [0.717, 1.165) is 30.4 Å². The van der Waals surface area contributed by atoms with Crippen LogP contribution in [0.4, 0.5) is 0 Å². The van der Waals surface area contributed by atoms with Crippen LogP contribution in [0.15, 0.2) is 12.1 Å². The van der Waals surface area contributed by atoms with Gasteiger partial charge < -0.3 is 9.47 Å². The summed E-state index contributed by atoms with van der Waals surface area (Å²) in [6.07, 6.45) is 3.18. The number of hydrogen-bond donors (Lipinski definition) is 0. The van der Waals surface area contributed by atoms with E-state index < -0.39 is 0 Å². The lowest BCUT2D eigenvalue weighted by molar-refractivity contribution is -0.142. The van der Waals surface area contributed by atoms with E-state index in [4.69, 9.17) is 9.47 Å². The Balaban J connectivity index is 2.06.